The zero-order valence-corrected chi connectivity index (χ0v) is 13.5. The summed E-state index contributed by atoms with van der Waals surface area (Å²) in [6.07, 6.45) is 0. The average Bonchev–Trinajstić information content (AvgIpc) is 2.88. The number of rotatable bonds is 5. The molecule has 8 nitrogen and oxygen atoms in total. The Bertz CT molecular complexity index is 795. The van der Waals surface area contributed by atoms with Crippen molar-refractivity contribution in [2.75, 3.05) is 27.7 Å². The van der Waals surface area contributed by atoms with E-state index < -0.39 is 17.5 Å². The summed E-state index contributed by atoms with van der Waals surface area (Å²) in [5.74, 6) is -1.96. The third kappa shape index (κ3) is 4.06. The first-order chi connectivity index (χ1) is 11.3. The van der Waals surface area contributed by atoms with Crippen molar-refractivity contribution in [3.8, 4) is 11.5 Å². The lowest BCUT2D eigenvalue weighted by Crippen LogP contribution is -2.40. The van der Waals surface area contributed by atoms with Gasteiger partial charge in [0.05, 0.1) is 6.54 Å². The van der Waals surface area contributed by atoms with Crippen LogP contribution >= 0.6 is 0 Å². The predicted molar refractivity (Wildman–Crippen MR) is 82.5 cm³/mol. The van der Waals surface area contributed by atoms with Gasteiger partial charge in [-0.15, -0.1) is 5.10 Å². The van der Waals surface area contributed by atoms with Gasteiger partial charge >= 0.3 is 5.76 Å². The number of hydrogen-bond donors (Lipinski definition) is 0. The molecule has 0 radical (unpaired) electrons. The fourth-order valence-corrected chi connectivity index (χ4v) is 1.80. The molecule has 0 N–H and O–H groups in total. The first-order valence-electron chi connectivity index (χ1n) is 7.06. The minimum Gasteiger partial charge on any atom is -0.388 e. The van der Waals surface area contributed by atoms with Crippen LogP contribution in [0.2, 0.25) is 0 Å². The highest BCUT2D eigenvalue weighted by molar-refractivity contribution is 5.84. The molecule has 0 saturated carbocycles. The van der Waals surface area contributed by atoms with Crippen LogP contribution in [-0.4, -0.2) is 59.1 Å². The minimum absolute atomic E-state index is 0.0141. The molecule has 2 rings (SSSR count). The van der Waals surface area contributed by atoms with Gasteiger partial charge in [-0.1, -0.05) is 0 Å². The maximum absolute atomic E-state index is 12.9. The maximum Gasteiger partial charge on any atom is 0.437 e. The summed E-state index contributed by atoms with van der Waals surface area (Å²) in [4.78, 5) is 38.0. The second-order valence-electron chi connectivity index (χ2n) is 5.38. The van der Waals surface area contributed by atoms with Gasteiger partial charge < -0.3 is 14.2 Å². The number of halogens is 1. The zero-order valence-electron chi connectivity index (χ0n) is 13.5. The molecule has 0 atom stereocenters. The predicted octanol–water partition coefficient (Wildman–Crippen LogP) is 0.189. The van der Waals surface area contributed by atoms with E-state index >= 15 is 0 Å². The molecule has 1 aromatic carbocycles. The molecule has 1 aromatic heterocycles. The van der Waals surface area contributed by atoms with E-state index in [9.17, 15) is 18.8 Å². The summed E-state index contributed by atoms with van der Waals surface area (Å²) in [5, 5.41) is 3.92. The SMILES string of the molecule is CN(C)C(=O)CN(C)C(=O)Cn1nc(-c2ccc(F)cc2)oc1=O. The number of likely N-dealkylation sites (N-methyl/N-ethyl adjacent to an activating group) is 2. The maximum atomic E-state index is 12.9. The van der Waals surface area contributed by atoms with Crippen molar-refractivity contribution < 1.29 is 18.4 Å². The molecule has 0 aliphatic heterocycles. The largest absolute Gasteiger partial charge is 0.437 e. The molecule has 128 valence electrons. The highest BCUT2D eigenvalue weighted by Gasteiger charge is 2.18. The Morgan fingerprint density at radius 1 is 1.17 bits per heavy atom. The highest BCUT2D eigenvalue weighted by Crippen LogP contribution is 2.15. The van der Waals surface area contributed by atoms with E-state index in [1.165, 1.54) is 41.1 Å². The second-order valence-corrected chi connectivity index (χ2v) is 5.38. The third-order valence-electron chi connectivity index (χ3n) is 3.28. The molecule has 0 aliphatic rings. The molecule has 2 amide bonds. The Labute approximate surface area is 137 Å². The number of hydrogen-bond acceptors (Lipinski definition) is 5. The Kier molecular flexibility index (Phi) is 5.12. The Morgan fingerprint density at radius 2 is 1.79 bits per heavy atom. The van der Waals surface area contributed by atoms with Gasteiger partial charge in [0.2, 0.25) is 17.7 Å². The van der Waals surface area contributed by atoms with Crippen molar-refractivity contribution in [2.45, 2.75) is 6.54 Å². The van der Waals surface area contributed by atoms with E-state index in [2.05, 4.69) is 5.10 Å². The Balaban J connectivity index is 2.10. The minimum atomic E-state index is -0.810. The number of aromatic nitrogens is 2. The summed E-state index contributed by atoms with van der Waals surface area (Å²) in [6, 6.07) is 5.24. The number of benzene rings is 1. The normalized spacial score (nSPS) is 10.5. The molecule has 9 heteroatoms. The monoisotopic (exact) mass is 336 g/mol. The number of nitrogens with zero attached hydrogens (tertiary/aromatic N) is 4. The first kappa shape index (κ1) is 17.4. The summed E-state index contributed by atoms with van der Waals surface area (Å²) < 4.78 is 18.7. The van der Waals surface area contributed by atoms with Gasteiger partial charge in [-0.25, -0.2) is 9.18 Å². The standard InChI is InChI=1S/C15H17FN4O4/c1-18(2)12(21)8-19(3)13(22)9-20-15(23)24-14(17-20)10-4-6-11(16)7-5-10/h4-7H,8-9H2,1-3H3. The van der Waals surface area contributed by atoms with Gasteiger partial charge in [-0.2, -0.15) is 4.68 Å². The molecule has 0 spiro atoms. The lowest BCUT2D eigenvalue weighted by atomic mass is 10.2. The van der Waals surface area contributed by atoms with E-state index in [1.807, 2.05) is 0 Å². The quantitative estimate of drug-likeness (QED) is 0.778. The van der Waals surface area contributed by atoms with Gasteiger partial charge in [-0.05, 0) is 24.3 Å². The van der Waals surface area contributed by atoms with Crippen LogP contribution in [0.1, 0.15) is 0 Å². The van der Waals surface area contributed by atoms with Crippen LogP contribution < -0.4 is 5.76 Å². The lowest BCUT2D eigenvalue weighted by molar-refractivity contribution is -0.138. The van der Waals surface area contributed by atoms with E-state index in [-0.39, 0.29) is 24.9 Å². The molecule has 24 heavy (non-hydrogen) atoms. The van der Waals surface area contributed by atoms with Gasteiger partial charge in [0, 0.05) is 26.7 Å². The van der Waals surface area contributed by atoms with Crippen LogP contribution in [0.3, 0.4) is 0 Å². The Morgan fingerprint density at radius 3 is 2.38 bits per heavy atom. The average molecular weight is 336 g/mol. The van der Waals surface area contributed by atoms with E-state index in [0.29, 0.717) is 5.56 Å². The second kappa shape index (κ2) is 7.07. The smallest absolute Gasteiger partial charge is 0.388 e. The van der Waals surface area contributed by atoms with Crippen molar-refractivity contribution in [1.82, 2.24) is 19.6 Å². The van der Waals surface area contributed by atoms with Crippen LogP contribution in [0.25, 0.3) is 11.5 Å². The van der Waals surface area contributed by atoms with Gasteiger partial charge in [0.25, 0.3) is 0 Å². The molecular weight excluding hydrogens is 319 g/mol. The fraction of sp³-hybridized carbons (Fsp3) is 0.333. The van der Waals surface area contributed by atoms with Crippen LogP contribution in [0.15, 0.2) is 33.5 Å². The summed E-state index contributed by atoms with van der Waals surface area (Å²) in [6.45, 7) is -0.468. The molecular formula is C15H17FN4O4. The van der Waals surface area contributed by atoms with Crippen molar-refractivity contribution in [3.05, 3.63) is 40.6 Å². The molecule has 0 fully saturated rings. The van der Waals surface area contributed by atoms with Crippen LogP contribution in [0.4, 0.5) is 4.39 Å². The number of carbonyl (C=O) groups is 2. The third-order valence-corrected chi connectivity index (χ3v) is 3.28. The van der Waals surface area contributed by atoms with Crippen molar-refractivity contribution in [1.29, 1.82) is 0 Å². The van der Waals surface area contributed by atoms with E-state index in [4.69, 9.17) is 4.42 Å². The van der Waals surface area contributed by atoms with Crippen LogP contribution in [0, 0.1) is 5.82 Å². The van der Waals surface area contributed by atoms with Gasteiger partial charge in [0.15, 0.2) is 0 Å². The topological polar surface area (TPSA) is 88.7 Å². The van der Waals surface area contributed by atoms with Crippen LogP contribution in [0.5, 0.6) is 0 Å². The summed E-state index contributed by atoms with van der Waals surface area (Å²) in [7, 11) is 4.62. The fourth-order valence-electron chi connectivity index (χ4n) is 1.80. The van der Waals surface area contributed by atoms with Gasteiger partial charge in [0.1, 0.15) is 12.4 Å². The van der Waals surface area contributed by atoms with Crippen molar-refractivity contribution in [3.63, 3.8) is 0 Å². The van der Waals surface area contributed by atoms with Crippen LogP contribution in [-0.2, 0) is 16.1 Å². The molecule has 2 aromatic rings. The summed E-state index contributed by atoms with van der Waals surface area (Å²) in [5.41, 5.74) is 0.413. The van der Waals surface area contributed by atoms with Crippen molar-refractivity contribution >= 4 is 11.8 Å². The first-order valence-corrected chi connectivity index (χ1v) is 7.06. The summed E-state index contributed by atoms with van der Waals surface area (Å²) >= 11 is 0. The van der Waals surface area contributed by atoms with Crippen molar-refractivity contribution in [2.24, 2.45) is 0 Å². The molecule has 0 unspecified atom stereocenters. The highest BCUT2D eigenvalue weighted by atomic mass is 19.1. The van der Waals surface area contributed by atoms with Gasteiger partial charge in [-0.3, -0.25) is 9.59 Å². The molecule has 1 heterocycles. The number of amides is 2. The zero-order chi connectivity index (χ0) is 17.9. The van der Waals surface area contributed by atoms with E-state index in [0.717, 1.165) is 4.68 Å². The number of carbonyl (C=O) groups excluding carboxylic acids is 2. The molecule has 0 saturated heterocycles. The molecule has 0 aliphatic carbocycles. The van der Waals surface area contributed by atoms with E-state index in [1.54, 1.807) is 14.1 Å². The lowest BCUT2D eigenvalue weighted by Gasteiger charge is -2.18. The Hall–Kier alpha value is -2.97. The molecule has 0 bridgehead atoms.